The molecule has 0 aliphatic carbocycles. The summed E-state index contributed by atoms with van der Waals surface area (Å²) in [5.41, 5.74) is 0.934. The second-order valence-electron chi connectivity index (χ2n) is 5.80. The molecular weight excluding hydrogens is 266 g/mol. The van der Waals surface area contributed by atoms with Gasteiger partial charge in [0, 0.05) is 38.3 Å². The third-order valence-corrected chi connectivity index (χ3v) is 4.16. The molecule has 1 aliphatic rings. The number of anilines is 1. The molecule has 1 aromatic rings. The van der Waals surface area contributed by atoms with Gasteiger partial charge < -0.3 is 15.1 Å². The Hall–Kier alpha value is -1.40. The van der Waals surface area contributed by atoms with Crippen LogP contribution in [-0.4, -0.2) is 61.0 Å². The highest BCUT2D eigenvalue weighted by Crippen LogP contribution is 2.12. The van der Waals surface area contributed by atoms with E-state index in [0.717, 1.165) is 44.7 Å². The summed E-state index contributed by atoms with van der Waals surface area (Å²) >= 11 is 0. The zero-order valence-corrected chi connectivity index (χ0v) is 13.4. The first kappa shape index (κ1) is 16.0. The number of piperazine rings is 1. The van der Waals surface area contributed by atoms with E-state index >= 15 is 0 Å². The maximum Gasteiger partial charge on any atom is 0.268 e. The van der Waals surface area contributed by atoms with Crippen molar-refractivity contribution in [3.63, 3.8) is 0 Å². The first-order valence-corrected chi connectivity index (χ1v) is 7.82. The lowest BCUT2D eigenvalue weighted by Crippen LogP contribution is -2.45. The summed E-state index contributed by atoms with van der Waals surface area (Å²) in [5, 5.41) is 7.60. The molecule has 1 aliphatic heterocycles. The summed E-state index contributed by atoms with van der Waals surface area (Å²) in [6.45, 7) is 6.75. The van der Waals surface area contributed by atoms with Crippen molar-refractivity contribution in [2.24, 2.45) is 0 Å². The maximum absolute atomic E-state index is 12.2. The predicted octanol–water partition coefficient (Wildman–Crippen LogP) is 0.383. The molecule has 1 unspecified atom stereocenters. The van der Waals surface area contributed by atoms with E-state index < -0.39 is 0 Å². The SMILES string of the molecule is CCCC(Cn1ncc(N2CCN(C)CC2)cc1=O)NC. The Morgan fingerprint density at radius 1 is 1.33 bits per heavy atom. The summed E-state index contributed by atoms with van der Waals surface area (Å²) in [7, 11) is 4.06. The third kappa shape index (κ3) is 4.28. The van der Waals surface area contributed by atoms with Gasteiger partial charge in [0.15, 0.2) is 0 Å². The van der Waals surface area contributed by atoms with E-state index in [-0.39, 0.29) is 5.56 Å². The fourth-order valence-electron chi connectivity index (χ4n) is 2.68. The first-order valence-electron chi connectivity index (χ1n) is 7.82. The minimum Gasteiger partial charge on any atom is -0.368 e. The molecule has 1 N–H and O–H groups in total. The Morgan fingerprint density at radius 2 is 2.05 bits per heavy atom. The van der Waals surface area contributed by atoms with E-state index in [1.54, 1.807) is 10.7 Å². The molecule has 2 heterocycles. The van der Waals surface area contributed by atoms with E-state index in [0.29, 0.717) is 12.6 Å². The van der Waals surface area contributed by atoms with Crippen LogP contribution in [0.25, 0.3) is 0 Å². The number of likely N-dealkylation sites (N-methyl/N-ethyl adjacent to an activating group) is 2. The van der Waals surface area contributed by atoms with Gasteiger partial charge in [-0.1, -0.05) is 13.3 Å². The molecule has 1 atom stereocenters. The second kappa shape index (κ2) is 7.56. The Morgan fingerprint density at radius 3 is 2.62 bits per heavy atom. The maximum atomic E-state index is 12.2. The molecule has 0 aromatic carbocycles. The molecule has 6 nitrogen and oxygen atoms in total. The zero-order valence-electron chi connectivity index (χ0n) is 13.4. The molecule has 1 aromatic heterocycles. The third-order valence-electron chi connectivity index (χ3n) is 4.16. The summed E-state index contributed by atoms with van der Waals surface area (Å²) in [4.78, 5) is 16.8. The molecule has 118 valence electrons. The van der Waals surface area contributed by atoms with Crippen LogP contribution in [-0.2, 0) is 6.54 Å². The minimum atomic E-state index is -0.0113. The van der Waals surface area contributed by atoms with Crippen molar-refractivity contribution in [2.75, 3.05) is 45.2 Å². The Balaban J connectivity index is 2.05. The van der Waals surface area contributed by atoms with Gasteiger partial charge in [-0.2, -0.15) is 5.10 Å². The van der Waals surface area contributed by atoms with Crippen LogP contribution < -0.4 is 15.8 Å². The monoisotopic (exact) mass is 293 g/mol. The first-order chi connectivity index (χ1) is 10.1. The predicted molar refractivity (Wildman–Crippen MR) is 86.0 cm³/mol. The average Bonchev–Trinajstić information content (AvgIpc) is 2.49. The number of nitrogens with zero attached hydrogens (tertiary/aromatic N) is 4. The van der Waals surface area contributed by atoms with Gasteiger partial charge in [0.05, 0.1) is 18.4 Å². The van der Waals surface area contributed by atoms with Gasteiger partial charge >= 0.3 is 0 Å². The van der Waals surface area contributed by atoms with Crippen LogP contribution in [0, 0.1) is 0 Å². The molecule has 0 amide bonds. The van der Waals surface area contributed by atoms with Crippen LogP contribution in [0.3, 0.4) is 0 Å². The summed E-state index contributed by atoms with van der Waals surface area (Å²) in [6, 6.07) is 2.02. The fraction of sp³-hybridized carbons (Fsp3) is 0.733. The summed E-state index contributed by atoms with van der Waals surface area (Å²) < 4.78 is 1.57. The lowest BCUT2D eigenvalue weighted by molar-refractivity contribution is 0.312. The lowest BCUT2D eigenvalue weighted by atomic mass is 10.2. The highest BCUT2D eigenvalue weighted by molar-refractivity contribution is 5.43. The van der Waals surface area contributed by atoms with Crippen molar-refractivity contribution < 1.29 is 0 Å². The molecular formula is C15H27N5O. The highest BCUT2D eigenvalue weighted by Gasteiger charge is 2.16. The fourth-order valence-corrected chi connectivity index (χ4v) is 2.68. The van der Waals surface area contributed by atoms with Gasteiger partial charge in [0.1, 0.15) is 0 Å². The van der Waals surface area contributed by atoms with Crippen molar-refractivity contribution in [1.29, 1.82) is 0 Å². The lowest BCUT2D eigenvalue weighted by Gasteiger charge is -2.33. The number of hydrogen-bond donors (Lipinski definition) is 1. The van der Waals surface area contributed by atoms with E-state index in [1.807, 2.05) is 13.2 Å². The molecule has 0 radical (unpaired) electrons. The molecule has 0 bridgehead atoms. The van der Waals surface area contributed by atoms with Gasteiger partial charge in [-0.15, -0.1) is 0 Å². The Labute approximate surface area is 126 Å². The van der Waals surface area contributed by atoms with Crippen LogP contribution in [0.4, 0.5) is 5.69 Å². The van der Waals surface area contributed by atoms with Crippen LogP contribution in [0.2, 0.25) is 0 Å². The molecule has 21 heavy (non-hydrogen) atoms. The molecule has 1 fully saturated rings. The number of nitrogens with one attached hydrogen (secondary N) is 1. The van der Waals surface area contributed by atoms with Crippen molar-refractivity contribution in [1.82, 2.24) is 20.0 Å². The normalized spacial score (nSPS) is 18.0. The van der Waals surface area contributed by atoms with Crippen molar-refractivity contribution in [3.05, 3.63) is 22.6 Å². The van der Waals surface area contributed by atoms with Gasteiger partial charge in [-0.05, 0) is 20.5 Å². The minimum absolute atomic E-state index is 0.0113. The molecule has 1 saturated heterocycles. The van der Waals surface area contributed by atoms with Crippen molar-refractivity contribution >= 4 is 5.69 Å². The molecule has 0 spiro atoms. The van der Waals surface area contributed by atoms with E-state index in [4.69, 9.17) is 0 Å². The van der Waals surface area contributed by atoms with Gasteiger partial charge in [-0.25, -0.2) is 4.68 Å². The molecule has 0 saturated carbocycles. The Bertz CT molecular complexity index is 493. The zero-order chi connectivity index (χ0) is 15.2. The van der Waals surface area contributed by atoms with Crippen LogP contribution in [0.5, 0.6) is 0 Å². The standard InChI is InChI=1S/C15H27N5O/c1-4-5-13(16-2)12-20-15(21)10-14(11-17-20)19-8-6-18(3)7-9-19/h10-11,13,16H,4-9,12H2,1-3H3. The van der Waals surface area contributed by atoms with Crippen LogP contribution >= 0.6 is 0 Å². The van der Waals surface area contributed by atoms with Crippen LogP contribution in [0.1, 0.15) is 19.8 Å². The van der Waals surface area contributed by atoms with E-state index in [1.165, 1.54) is 0 Å². The van der Waals surface area contributed by atoms with Crippen molar-refractivity contribution in [2.45, 2.75) is 32.4 Å². The molecule has 2 rings (SSSR count). The van der Waals surface area contributed by atoms with Crippen LogP contribution in [0.15, 0.2) is 17.1 Å². The van der Waals surface area contributed by atoms with Gasteiger partial charge in [0.25, 0.3) is 5.56 Å². The van der Waals surface area contributed by atoms with Gasteiger partial charge in [0.2, 0.25) is 0 Å². The summed E-state index contributed by atoms with van der Waals surface area (Å²) in [5.74, 6) is 0. The van der Waals surface area contributed by atoms with Crippen molar-refractivity contribution in [3.8, 4) is 0 Å². The Kier molecular flexibility index (Phi) is 5.76. The number of aromatic nitrogens is 2. The average molecular weight is 293 g/mol. The largest absolute Gasteiger partial charge is 0.368 e. The molecule has 6 heteroatoms. The number of rotatable bonds is 6. The number of hydrogen-bond acceptors (Lipinski definition) is 5. The second-order valence-corrected chi connectivity index (χ2v) is 5.80. The quantitative estimate of drug-likeness (QED) is 0.822. The summed E-state index contributed by atoms with van der Waals surface area (Å²) in [6.07, 6.45) is 3.97. The van der Waals surface area contributed by atoms with E-state index in [9.17, 15) is 4.79 Å². The smallest absolute Gasteiger partial charge is 0.268 e. The topological polar surface area (TPSA) is 53.4 Å². The highest BCUT2D eigenvalue weighted by atomic mass is 16.1. The van der Waals surface area contributed by atoms with Gasteiger partial charge in [-0.3, -0.25) is 4.79 Å². The van der Waals surface area contributed by atoms with E-state index in [2.05, 4.69) is 34.2 Å².